The molecule has 5 rings (SSSR count). The fourth-order valence-electron chi connectivity index (χ4n) is 4.11. The first-order valence-corrected chi connectivity index (χ1v) is 10.1. The SMILES string of the molecule is O=C(NCc1nnc2n1CCC2)Nc1cccc(C(=O)N2CCc3ccccc32)c1. The van der Waals surface area contributed by atoms with Gasteiger partial charge in [0, 0.05) is 36.4 Å². The van der Waals surface area contributed by atoms with Crippen molar-refractivity contribution < 1.29 is 9.59 Å². The largest absolute Gasteiger partial charge is 0.331 e. The number of aromatic nitrogens is 3. The van der Waals surface area contributed by atoms with Gasteiger partial charge in [-0.3, -0.25) is 4.79 Å². The van der Waals surface area contributed by atoms with E-state index in [1.54, 1.807) is 29.2 Å². The van der Waals surface area contributed by atoms with Crippen molar-refractivity contribution in [1.29, 1.82) is 0 Å². The molecular weight excluding hydrogens is 380 g/mol. The van der Waals surface area contributed by atoms with Crippen molar-refractivity contribution in [3.8, 4) is 0 Å². The number of aryl methyl sites for hydroxylation is 1. The molecule has 2 aliphatic heterocycles. The lowest BCUT2D eigenvalue weighted by atomic mass is 10.1. The molecule has 0 bridgehead atoms. The summed E-state index contributed by atoms with van der Waals surface area (Å²) in [6, 6.07) is 14.6. The molecule has 8 nitrogen and oxygen atoms in total. The Bertz CT molecular complexity index is 1120. The Kier molecular flexibility index (Phi) is 4.66. The van der Waals surface area contributed by atoms with Gasteiger partial charge in [-0.05, 0) is 42.7 Å². The maximum Gasteiger partial charge on any atom is 0.319 e. The van der Waals surface area contributed by atoms with Crippen molar-refractivity contribution in [3.63, 3.8) is 0 Å². The van der Waals surface area contributed by atoms with Crippen molar-refractivity contribution in [1.82, 2.24) is 20.1 Å². The summed E-state index contributed by atoms with van der Waals surface area (Å²) in [7, 11) is 0. The molecule has 1 aromatic heterocycles. The Hall–Kier alpha value is -3.68. The van der Waals surface area contributed by atoms with E-state index in [4.69, 9.17) is 0 Å². The molecule has 2 aromatic carbocycles. The zero-order chi connectivity index (χ0) is 20.5. The van der Waals surface area contributed by atoms with E-state index in [1.165, 1.54) is 5.56 Å². The fraction of sp³-hybridized carbons (Fsp3) is 0.273. The number of benzene rings is 2. The lowest BCUT2D eigenvalue weighted by molar-refractivity contribution is 0.0989. The van der Waals surface area contributed by atoms with Gasteiger partial charge in [-0.15, -0.1) is 10.2 Å². The van der Waals surface area contributed by atoms with Crippen LogP contribution >= 0.6 is 0 Å². The zero-order valence-corrected chi connectivity index (χ0v) is 16.5. The minimum absolute atomic E-state index is 0.0666. The molecule has 0 fully saturated rings. The van der Waals surface area contributed by atoms with Crippen LogP contribution in [0.3, 0.4) is 0 Å². The molecular formula is C22H22N6O2. The van der Waals surface area contributed by atoms with Gasteiger partial charge in [-0.25, -0.2) is 4.79 Å². The average Bonchev–Trinajstić information content (AvgIpc) is 3.48. The molecule has 3 aromatic rings. The Labute approximate surface area is 173 Å². The number of para-hydroxylation sites is 1. The van der Waals surface area contributed by atoms with Crippen LogP contribution in [0.25, 0.3) is 0 Å². The van der Waals surface area contributed by atoms with Crippen molar-refractivity contribution in [2.45, 2.75) is 32.4 Å². The lowest BCUT2D eigenvalue weighted by Crippen LogP contribution is -2.30. The minimum Gasteiger partial charge on any atom is -0.331 e. The summed E-state index contributed by atoms with van der Waals surface area (Å²) in [4.78, 5) is 27.1. The second-order valence-electron chi connectivity index (χ2n) is 7.51. The van der Waals surface area contributed by atoms with Gasteiger partial charge in [-0.2, -0.15) is 0 Å². The van der Waals surface area contributed by atoms with E-state index < -0.39 is 0 Å². The topological polar surface area (TPSA) is 92.1 Å². The van der Waals surface area contributed by atoms with Gasteiger partial charge in [0.15, 0.2) is 5.82 Å². The maximum atomic E-state index is 13.0. The number of amides is 3. The number of hydrogen-bond acceptors (Lipinski definition) is 4. The highest BCUT2D eigenvalue weighted by Gasteiger charge is 2.25. The molecule has 2 N–H and O–H groups in total. The van der Waals surface area contributed by atoms with E-state index in [2.05, 4.69) is 26.9 Å². The quantitative estimate of drug-likeness (QED) is 0.702. The third-order valence-corrected chi connectivity index (χ3v) is 5.59. The Morgan fingerprint density at radius 1 is 1.00 bits per heavy atom. The number of rotatable bonds is 4. The maximum absolute atomic E-state index is 13.0. The number of carbonyl (C=O) groups is 2. The standard InChI is InChI=1S/C22H22N6O2/c29-21(27-12-10-15-5-1-2-8-18(15)27)16-6-3-7-17(13-16)24-22(30)23-14-20-26-25-19-9-4-11-28(19)20/h1-3,5-8,13H,4,9-12,14H2,(H2,23,24,30). The van der Waals surface area contributed by atoms with E-state index in [0.29, 0.717) is 24.3 Å². The molecule has 152 valence electrons. The average molecular weight is 402 g/mol. The molecule has 0 spiro atoms. The third kappa shape index (κ3) is 3.41. The van der Waals surface area contributed by atoms with Gasteiger partial charge < -0.3 is 20.1 Å². The minimum atomic E-state index is -0.346. The van der Waals surface area contributed by atoms with Crippen molar-refractivity contribution in [3.05, 3.63) is 71.3 Å². The van der Waals surface area contributed by atoms with E-state index in [1.807, 2.05) is 22.8 Å². The molecule has 0 aliphatic carbocycles. The Morgan fingerprint density at radius 3 is 2.83 bits per heavy atom. The summed E-state index contributed by atoms with van der Waals surface area (Å²) >= 11 is 0. The molecule has 2 aliphatic rings. The number of nitrogens with zero attached hydrogens (tertiary/aromatic N) is 4. The highest BCUT2D eigenvalue weighted by Crippen LogP contribution is 2.29. The monoisotopic (exact) mass is 402 g/mol. The number of carbonyl (C=O) groups excluding carboxylic acids is 2. The second kappa shape index (κ2) is 7.62. The Balaban J connectivity index is 1.24. The molecule has 0 saturated heterocycles. The number of urea groups is 1. The van der Waals surface area contributed by atoms with Crippen LogP contribution in [0.1, 0.15) is 34.0 Å². The Morgan fingerprint density at radius 2 is 1.90 bits per heavy atom. The molecule has 8 heteroatoms. The highest BCUT2D eigenvalue weighted by molar-refractivity contribution is 6.08. The van der Waals surface area contributed by atoms with Crippen LogP contribution in [0.5, 0.6) is 0 Å². The third-order valence-electron chi connectivity index (χ3n) is 5.59. The highest BCUT2D eigenvalue weighted by atomic mass is 16.2. The van der Waals surface area contributed by atoms with E-state index in [0.717, 1.165) is 43.1 Å². The molecule has 30 heavy (non-hydrogen) atoms. The predicted octanol–water partition coefficient (Wildman–Crippen LogP) is 2.75. The number of fused-ring (bicyclic) bond motifs is 2. The molecule has 3 amide bonds. The van der Waals surface area contributed by atoms with E-state index >= 15 is 0 Å². The number of hydrogen-bond donors (Lipinski definition) is 2. The van der Waals surface area contributed by atoms with Crippen molar-refractivity contribution in [2.24, 2.45) is 0 Å². The van der Waals surface area contributed by atoms with Crippen LogP contribution in [0.15, 0.2) is 48.5 Å². The summed E-state index contributed by atoms with van der Waals surface area (Å²) in [5.74, 6) is 1.67. The fourth-order valence-corrected chi connectivity index (χ4v) is 4.11. The van der Waals surface area contributed by atoms with Crippen LogP contribution in [0.4, 0.5) is 16.2 Å². The van der Waals surface area contributed by atoms with Crippen molar-refractivity contribution >= 4 is 23.3 Å². The first kappa shape index (κ1) is 18.4. The number of anilines is 2. The lowest BCUT2D eigenvalue weighted by Gasteiger charge is -2.18. The molecule has 0 radical (unpaired) electrons. The number of nitrogens with one attached hydrogen (secondary N) is 2. The van der Waals surface area contributed by atoms with Gasteiger partial charge in [0.25, 0.3) is 5.91 Å². The first-order chi connectivity index (χ1) is 14.7. The van der Waals surface area contributed by atoms with Crippen LogP contribution < -0.4 is 15.5 Å². The molecule has 0 saturated carbocycles. The van der Waals surface area contributed by atoms with Crippen LogP contribution in [-0.4, -0.2) is 33.2 Å². The van der Waals surface area contributed by atoms with Gasteiger partial charge in [0.1, 0.15) is 5.82 Å². The summed E-state index contributed by atoms with van der Waals surface area (Å²) < 4.78 is 2.05. The molecule has 3 heterocycles. The summed E-state index contributed by atoms with van der Waals surface area (Å²) in [5, 5.41) is 13.9. The normalized spacial score (nSPS) is 14.3. The molecule has 0 atom stereocenters. The van der Waals surface area contributed by atoms with Gasteiger partial charge in [0.2, 0.25) is 0 Å². The van der Waals surface area contributed by atoms with Gasteiger partial charge in [-0.1, -0.05) is 24.3 Å². The van der Waals surface area contributed by atoms with Gasteiger partial charge in [0.05, 0.1) is 6.54 Å². The van der Waals surface area contributed by atoms with Crippen LogP contribution in [0.2, 0.25) is 0 Å². The van der Waals surface area contributed by atoms with Gasteiger partial charge >= 0.3 is 6.03 Å². The molecule has 0 unspecified atom stereocenters. The summed E-state index contributed by atoms with van der Waals surface area (Å²) in [5.41, 5.74) is 3.25. The predicted molar refractivity (Wildman–Crippen MR) is 112 cm³/mol. The zero-order valence-electron chi connectivity index (χ0n) is 16.5. The van der Waals surface area contributed by atoms with Crippen LogP contribution in [-0.2, 0) is 25.9 Å². The summed E-state index contributed by atoms with van der Waals surface area (Å²) in [6.45, 7) is 1.87. The van der Waals surface area contributed by atoms with E-state index in [9.17, 15) is 9.59 Å². The van der Waals surface area contributed by atoms with E-state index in [-0.39, 0.29) is 11.9 Å². The van der Waals surface area contributed by atoms with Crippen LogP contribution in [0, 0.1) is 0 Å². The smallest absolute Gasteiger partial charge is 0.319 e. The second-order valence-corrected chi connectivity index (χ2v) is 7.51. The first-order valence-electron chi connectivity index (χ1n) is 10.1. The summed E-state index contributed by atoms with van der Waals surface area (Å²) in [6.07, 6.45) is 2.85. The van der Waals surface area contributed by atoms with Crippen molar-refractivity contribution in [2.75, 3.05) is 16.8 Å².